The second-order valence-electron chi connectivity index (χ2n) is 4.31. The van der Waals surface area contributed by atoms with Gasteiger partial charge in [-0.1, -0.05) is 12.1 Å². The summed E-state index contributed by atoms with van der Waals surface area (Å²) >= 11 is 1.68. The summed E-state index contributed by atoms with van der Waals surface area (Å²) < 4.78 is 0. The molecule has 0 spiro atoms. The number of rotatable bonds is 4. The Bertz CT molecular complexity index is 754. The fourth-order valence-corrected chi connectivity index (χ4v) is 2.68. The number of hydrogen-bond acceptors (Lipinski definition) is 4. The van der Waals surface area contributed by atoms with Crippen molar-refractivity contribution < 1.29 is 9.90 Å². The van der Waals surface area contributed by atoms with Crippen molar-refractivity contribution in [2.24, 2.45) is 0 Å². The van der Waals surface area contributed by atoms with Gasteiger partial charge in [0.2, 0.25) is 0 Å². The summed E-state index contributed by atoms with van der Waals surface area (Å²) in [5.41, 5.74) is 0.959. The van der Waals surface area contributed by atoms with Crippen LogP contribution in [0.3, 0.4) is 0 Å². The van der Waals surface area contributed by atoms with Crippen LogP contribution >= 0.6 is 11.3 Å². The van der Waals surface area contributed by atoms with Gasteiger partial charge in [-0.2, -0.15) is 0 Å². The van der Waals surface area contributed by atoms with Gasteiger partial charge in [0.05, 0.1) is 17.6 Å². The minimum atomic E-state index is -0.934. The van der Waals surface area contributed by atoms with Gasteiger partial charge in [-0.3, -0.25) is 0 Å². The molecule has 0 unspecified atom stereocenters. The molecule has 0 aliphatic carbocycles. The van der Waals surface area contributed by atoms with Gasteiger partial charge in [0.25, 0.3) is 0 Å². The Kier molecular flexibility index (Phi) is 3.35. The summed E-state index contributed by atoms with van der Waals surface area (Å²) in [5, 5.41) is 15.1. The number of fused-ring (bicyclic) bond motifs is 1. The molecule has 0 saturated heterocycles. The maximum atomic E-state index is 11.1. The molecular weight excluding hydrogens is 272 g/mol. The molecule has 0 aliphatic heterocycles. The monoisotopic (exact) mass is 284 g/mol. The second kappa shape index (κ2) is 5.30. The molecule has 1 aromatic carbocycles. The van der Waals surface area contributed by atoms with E-state index in [0.717, 1.165) is 12.4 Å². The number of aromatic nitrogens is 1. The summed E-state index contributed by atoms with van der Waals surface area (Å²) in [6.07, 6.45) is 0. The Hall–Kier alpha value is -2.40. The van der Waals surface area contributed by atoms with Crippen LogP contribution in [-0.4, -0.2) is 16.1 Å². The van der Waals surface area contributed by atoms with E-state index < -0.39 is 5.97 Å². The molecule has 0 atom stereocenters. The molecule has 0 amide bonds. The van der Waals surface area contributed by atoms with Gasteiger partial charge in [-0.05, 0) is 35.7 Å². The Morgan fingerprint density at radius 2 is 2.10 bits per heavy atom. The number of carboxylic acid groups (broad SMARTS) is 1. The van der Waals surface area contributed by atoms with Crippen LogP contribution < -0.4 is 5.32 Å². The van der Waals surface area contributed by atoms with Crippen molar-refractivity contribution in [2.45, 2.75) is 6.54 Å². The standard InChI is InChI=1S/C15H12N2O2S/c18-15(19)12-4-1-5-13-11(12)6-7-14(17-13)16-9-10-3-2-8-20-10/h1-8H,9H2,(H,16,17)(H,18,19). The number of nitrogens with zero attached hydrogens (tertiary/aromatic N) is 1. The van der Waals surface area contributed by atoms with E-state index in [2.05, 4.69) is 16.4 Å². The van der Waals surface area contributed by atoms with Gasteiger partial charge in [0.1, 0.15) is 5.82 Å². The first-order chi connectivity index (χ1) is 9.74. The van der Waals surface area contributed by atoms with Crippen LogP contribution in [0.1, 0.15) is 15.2 Å². The lowest BCUT2D eigenvalue weighted by molar-refractivity contribution is 0.0699. The predicted octanol–water partition coefficient (Wildman–Crippen LogP) is 3.61. The van der Waals surface area contributed by atoms with E-state index >= 15 is 0 Å². The largest absolute Gasteiger partial charge is 0.478 e. The van der Waals surface area contributed by atoms with E-state index in [-0.39, 0.29) is 5.56 Å². The van der Waals surface area contributed by atoms with Crippen molar-refractivity contribution in [1.29, 1.82) is 0 Å². The quantitative estimate of drug-likeness (QED) is 0.768. The Morgan fingerprint density at radius 1 is 1.20 bits per heavy atom. The van der Waals surface area contributed by atoms with Crippen LogP contribution in [0, 0.1) is 0 Å². The van der Waals surface area contributed by atoms with E-state index in [9.17, 15) is 4.79 Å². The maximum absolute atomic E-state index is 11.1. The molecule has 4 nitrogen and oxygen atoms in total. The summed E-state index contributed by atoms with van der Waals surface area (Å²) in [4.78, 5) is 16.8. The highest BCUT2D eigenvalue weighted by Crippen LogP contribution is 2.20. The van der Waals surface area contributed by atoms with Gasteiger partial charge < -0.3 is 10.4 Å². The van der Waals surface area contributed by atoms with Crippen molar-refractivity contribution in [3.8, 4) is 0 Å². The molecule has 0 bridgehead atoms. The van der Waals surface area contributed by atoms with E-state index in [1.807, 2.05) is 23.6 Å². The van der Waals surface area contributed by atoms with Gasteiger partial charge >= 0.3 is 5.97 Å². The third-order valence-electron chi connectivity index (χ3n) is 2.99. The van der Waals surface area contributed by atoms with Crippen molar-refractivity contribution in [3.63, 3.8) is 0 Å². The normalized spacial score (nSPS) is 10.6. The molecule has 0 fully saturated rings. The Balaban J connectivity index is 1.89. The number of hydrogen-bond donors (Lipinski definition) is 2. The number of aromatic carboxylic acids is 1. The number of pyridine rings is 1. The fraction of sp³-hybridized carbons (Fsp3) is 0.0667. The lowest BCUT2D eigenvalue weighted by Gasteiger charge is -2.07. The summed E-state index contributed by atoms with van der Waals surface area (Å²) in [6, 6.07) is 12.8. The summed E-state index contributed by atoms with van der Waals surface area (Å²) in [6.45, 7) is 0.717. The zero-order valence-corrected chi connectivity index (χ0v) is 11.4. The number of carbonyl (C=O) groups is 1. The average molecular weight is 284 g/mol. The second-order valence-corrected chi connectivity index (χ2v) is 5.34. The van der Waals surface area contributed by atoms with Crippen molar-refractivity contribution in [3.05, 3.63) is 58.3 Å². The predicted molar refractivity (Wildman–Crippen MR) is 80.3 cm³/mol. The van der Waals surface area contributed by atoms with Gasteiger partial charge in [-0.25, -0.2) is 9.78 Å². The fourth-order valence-electron chi connectivity index (χ4n) is 2.03. The van der Waals surface area contributed by atoms with Crippen LogP contribution in [0.5, 0.6) is 0 Å². The van der Waals surface area contributed by atoms with E-state index in [1.165, 1.54) is 4.88 Å². The van der Waals surface area contributed by atoms with Gasteiger partial charge in [0.15, 0.2) is 0 Å². The third-order valence-corrected chi connectivity index (χ3v) is 3.86. The lowest BCUT2D eigenvalue weighted by Crippen LogP contribution is -2.01. The Morgan fingerprint density at radius 3 is 2.85 bits per heavy atom. The van der Waals surface area contributed by atoms with E-state index in [4.69, 9.17) is 5.11 Å². The van der Waals surface area contributed by atoms with Crippen LogP contribution in [-0.2, 0) is 6.54 Å². The number of benzene rings is 1. The zero-order valence-electron chi connectivity index (χ0n) is 10.5. The summed E-state index contributed by atoms with van der Waals surface area (Å²) in [7, 11) is 0. The number of nitrogens with one attached hydrogen (secondary N) is 1. The van der Waals surface area contributed by atoms with E-state index in [0.29, 0.717) is 10.9 Å². The highest BCUT2D eigenvalue weighted by atomic mass is 32.1. The van der Waals surface area contributed by atoms with Crippen molar-refractivity contribution in [2.75, 3.05) is 5.32 Å². The highest BCUT2D eigenvalue weighted by Gasteiger charge is 2.08. The first-order valence-electron chi connectivity index (χ1n) is 6.13. The zero-order chi connectivity index (χ0) is 13.9. The minimum Gasteiger partial charge on any atom is -0.478 e. The first-order valence-corrected chi connectivity index (χ1v) is 7.01. The van der Waals surface area contributed by atoms with Crippen LogP contribution in [0.2, 0.25) is 0 Å². The van der Waals surface area contributed by atoms with Crippen molar-refractivity contribution in [1.82, 2.24) is 4.98 Å². The minimum absolute atomic E-state index is 0.278. The van der Waals surface area contributed by atoms with Crippen LogP contribution in [0.25, 0.3) is 10.9 Å². The van der Waals surface area contributed by atoms with E-state index in [1.54, 1.807) is 29.5 Å². The molecule has 0 saturated carbocycles. The molecule has 100 valence electrons. The highest BCUT2D eigenvalue weighted by molar-refractivity contribution is 7.09. The number of anilines is 1. The van der Waals surface area contributed by atoms with Gasteiger partial charge in [0, 0.05) is 10.3 Å². The van der Waals surface area contributed by atoms with Gasteiger partial charge in [-0.15, -0.1) is 11.3 Å². The summed E-state index contributed by atoms with van der Waals surface area (Å²) in [5.74, 6) is -0.190. The number of carboxylic acids is 1. The molecule has 0 aliphatic rings. The molecule has 5 heteroatoms. The molecule has 3 aromatic rings. The molecule has 3 rings (SSSR count). The smallest absolute Gasteiger partial charge is 0.336 e. The van der Waals surface area contributed by atoms with Crippen molar-refractivity contribution >= 4 is 34.0 Å². The number of thiophene rings is 1. The molecule has 2 heterocycles. The van der Waals surface area contributed by atoms with Crippen LogP contribution in [0.4, 0.5) is 5.82 Å². The molecule has 2 aromatic heterocycles. The topological polar surface area (TPSA) is 62.2 Å². The molecular formula is C15H12N2O2S. The average Bonchev–Trinajstić information content (AvgIpc) is 2.97. The third kappa shape index (κ3) is 2.48. The molecule has 20 heavy (non-hydrogen) atoms. The lowest BCUT2D eigenvalue weighted by atomic mass is 10.1. The molecule has 0 radical (unpaired) electrons. The molecule has 2 N–H and O–H groups in total. The SMILES string of the molecule is O=C(O)c1cccc2nc(NCc3cccs3)ccc12. The Labute approximate surface area is 119 Å². The van der Waals surface area contributed by atoms with Crippen LogP contribution in [0.15, 0.2) is 47.8 Å². The maximum Gasteiger partial charge on any atom is 0.336 e. The first kappa shape index (κ1) is 12.6.